The first-order chi connectivity index (χ1) is 13.9. The van der Waals surface area contributed by atoms with Gasteiger partial charge in [-0.15, -0.1) is 0 Å². The van der Waals surface area contributed by atoms with Crippen molar-refractivity contribution in [3.8, 4) is 0 Å². The number of nitrogens with zero attached hydrogens (tertiary/aromatic N) is 2. The average Bonchev–Trinajstić information content (AvgIpc) is 2.93. The second kappa shape index (κ2) is 8.41. The molecule has 29 heavy (non-hydrogen) atoms. The van der Waals surface area contributed by atoms with E-state index in [1.54, 1.807) is 18.2 Å². The molecule has 2 amide bonds. The van der Waals surface area contributed by atoms with Crippen molar-refractivity contribution in [2.75, 3.05) is 44.7 Å². The first kappa shape index (κ1) is 20.3. The predicted octanol–water partition coefficient (Wildman–Crippen LogP) is 1.22. The molecule has 0 saturated carbocycles. The van der Waals surface area contributed by atoms with Crippen molar-refractivity contribution >= 4 is 27.5 Å². The van der Waals surface area contributed by atoms with Gasteiger partial charge in [0.15, 0.2) is 0 Å². The summed E-state index contributed by atoms with van der Waals surface area (Å²) < 4.78 is 33.0. The number of rotatable bonds is 3. The van der Waals surface area contributed by atoms with Gasteiger partial charge in [-0.2, -0.15) is 4.31 Å². The van der Waals surface area contributed by atoms with Gasteiger partial charge in [-0.1, -0.05) is 0 Å². The van der Waals surface area contributed by atoms with Gasteiger partial charge in [0, 0.05) is 44.2 Å². The number of piperidine rings is 1. The fraction of sp³-hybridized carbons (Fsp3) is 0.600. The number of nitrogens with one attached hydrogen (secondary N) is 1. The van der Waals surface area contributed by atoms with Crippen LogP contribution in [0.3, 0.4) is 0 Å². The molecule has 9 heteroatoms. The standard InChI is InChI=1S/C20H27N3O5S/c24-19-3-1-2-16-14-17(4-5-18(16)21-19)29(26,27)23-8-6-15(7-9-23)20(25)22-10-12-28-13-11-22/h4-5,14-15H,1-3,6-13H2,(H,21,24). The van der Waals surface area contributed by atoms with E-state index >= 15 is 0 Å². The summed E-state index contributed by atoms with van der Waals surface area (Å²) in [7, 11) is -3.62. The minimum Gasteiger partial charge on any atom is -0.378 e. The molecule has 0 bridgehead atoms. The van der Waals surface area contributed by atoms with Crippen LogP contribution in [-0.2, 0) is 30.8 Å². The highest BCUT2D eigenvalue weighted by atomic mass is 32.2. The van der Waals surface area contributed by atoms with Crippen LogP contribution < -0.4 is 5.32 Å². The van der Waals surface area contributed by atoms with Gasteiger partial charge >= 0.3 is 0 Å². The fourth-order valence-corrected chi connectivity index (χ4v) is 5.77. The van der Waals surface area contributed by atoms with Crippen LogP contribution in [0, 0.1) is 5.92 Å². The van der Waals surface area contributed by atoms with Crippen LogP contribution in [-0.4, -0.2) is 68.8 Å². The number of carbonyl (C=O) groups is 2. The molecule has 1 N–H and O–H groups in total. The van der Waals surface area contributed by atoms with E-state index in [9.17, 15) is 18.0 Å². The van der Waals surface area contributed by atoms with E-state index in [-0.39, 0.29) is 22.6 Å². The second-order valence-electron chi connectivity index (χ2n) is 7.84. The van der Waals surface area contributed by atoms with Gasteiger partial charge in [0.05, 0.1) is 18.1 Å². The zero-order valence-corrected chi connectivity index (χ0v) is 17.2. The molecule has 3 aliphatic heterocycles. The van der Waals surface area contributed by atoms with E-state index in [0.29, 0.717) is 77.2 Å². The topological polar surface area (TPSA) is 96.0 Å². The van der Waals surface area contributed by atoms with E-state index in [0.717, 1.165) is 5.56 Å². The molecule has 1 aromatic carbocycles. The SMILES string of the molecule is O=C1CCCc2cc(S(=O)(=O)N3CCC(C(=O)N4CCOCC4)CC3)ccc2N1. The molecule has 2 fully saturated rings. The molecule has 3 aliphatic rings. The van der Waals surface area contributed by atoms with Gasteiger partial charge in [-0.25, -0.2) is 8.42 Å². The van der Waals surface area contributed by atoms with Crippen LogP contribution in [0.2, 0.25) is 0 Å². The minimum absolute atomic E-state index is 0.0358. The largest absolute Gasteiger partial charge is 0.378 e. The summed E-state index contributed by atoms with van der Waals surface area (Å²) in [5, 5.41) is 2.83. The summed E-state index contributed by atoms with van der Waals surface area (Å²) in [6.45, 7) is 3.05. The van der Waals surface area contributed by atoms with E-state index in [4.69, 9.17) is 4.74 Å². The van der Waals surface area contributed by atoms with Crippen LogP contribution in [0.15, 0.2) is 23.1 Å². The number of sulfonamides is 1. The van der Waals surface area contributed by atoms with Gasteiger partial charge in [0.2, 0.25) is 21.8 Å². The highest BCUT2D eigenvalue weighted by Gasteiger charge is 2.34. The minimum atomic E-state index is -3.62. The number of hydrogen-bond acceptors (Lipinski definition) is 5. The second-order valence-corrected chi connectivity index (χ2v) is 9.77. The Kier molecular flexibility index (Phi) is 5.89. The number of ether oxygens (including phenoxy) is 1. The summed E-state index contributed by atoms with van der Waals surface area (Å²) in [6.07, 6.45) is 2.90. The Morgan fingerprint density at radius 3 is 2.52 bits per heavy atom. The molecule has 0 aliphatic carbocycles. The maximum atomic E-state index is 13.1. The van der Waals surface area contributed by atoms with E-state index in [1.165, 1.54) is 4.31 Å². The van der Waals surface area contributed by atoms with Crippen LogP contribution in [0.1, 0.15) is 31.2 Å². The van der Waals surface area contributed by atoms with Crippen molar-refractivity contribution in [1.29, 1.82) is 0 Å². The molecule has 0 radical (unpaired) electrons. The summed E-state index contributed by atoms with van der Waals surface area (Å²) >= 11 is 0. The van der Waals surface area contributed by atoms with Crippen LogP contribution in [0.4, 0.5) is 5.69 Å². The molecule has 158 valence electrons. The number of carbonyl (C=O) groups excluding carboxylic acids is 2. The number of aryl methyl sites for hydroxylation is 1. The average molecular weight is 422 g/mol. The van der Waals surface area contributed by atoms with Crippen molar-refractivity contribution in [3.05, 3.63) is 23.8 Å². The predicted molar refractivity (Wildman–Crippen MR) is 107 cm³/mol. The molecule has 0 spiro atoms. The fourth-order valence-electron chi connectivity index (χ4n) is 4.25. The quantitative estimate of drug-likeness (QED) is 0.792. The zero-order chi connectivity index (χ0) is 20.4. The number of amides is 2. The maximum absolute atomic E-state index is 13.1. The molecule has 0 unspecified atom stereocenters. The van der Waals surface area contributed by atoms with Crippen molar-refractivity contribution in [1.82, 2.24) is 9.21 Å². The van der Waals surface area contributed by atoms with E-state index in [2.05, 4.69) is 5.32 Å². The van der Waals surface area contributed by atoms with Crippen molar-refractivity contribution in [2.24, 2.45) is 5.92 Å². The highest BCUT2D eigenvalue weighted by molar-refractivity contribution is 7.89. The van der Waals surface area contributed by atoms with Gasteiger partial charge in [-0.05, 0) is 49.4 Å². The van der Waals surface area contributed by atoms with Crippen LogP contribution >= 0.6 is 0 Å². The number of hydrogen-bond donors (Lipinski definition) is 1. The molecule has 0 aromatic heterocycles. The number of anilines is 1. The molecular weight excluding hydrogens is 394 g/mol. The van der Waals surface area contributed by atoms with Crippen LogP contribution in [0.5, 0.6) is 0 Å². The Bertz CT molecular complexity index is 887. The summed E-state index contributed by atoms with van der Waals surface area (Å²) in [5.41, 5.74) is 1.55. The Morgan fingerprint density at radius 1 is 1.07 bits per heavy atom. The lowest BCUT2D eigenvalue weighted by Crippen LogP contribution is -2.47. The van der Waals surface area contributed by atoms with Gasteiger partial charge in [0.25, 0.3) is 0 Å². The molecular formula is C20H27N3O5S. The number of morpholine rings is 1. The third-order valence-electron chi connectivity index (χ3n) is 5.96. The lowest BCUT2D eigenvalue weighted by Gasteiger charge is -2.35. The molecule has 1 aromatic rings. The first-order valence-corrected chi connectivity index (χ1v) is 11.7. The van der Waals surface area contributed by atoms with E-state index in [1.807, 2.05) is 4.90 Å². The smallest absolute Gasteiger partial charge is 0.243 e. The Balaban J connectivity index is 1.43. The normalized spacial score (nSPS) is 21.9. The number of benzene rings is 1. The zero-order valence-electron chi connectivity index (χ0n) is 16.4. The summed E-state index contributed by atoms with van der Waals surface area (Å²) in [4.78, 5) is 26.5. The number of fused-ring (bicyclic) bond motifs is 1. The Hall–Kier alpha value is -1.97. The van der Waals surface area contributed by atoms with Crippen LogP contribution in [0.25, 0.3) is 0 Å². The first-order valence-electron chi connectivity index (χ1n) is 10.2. The Morgan fingerprint density at radius 2 is 1.79 bits per heavy atom. The molecule has 4 rings (SSSR count). The maximum Gasteiger partial charge on any atom is 0.243 e. The van der Waals surface area contributed by atoms with E-state index < -0.39 is 10.0 Å². The summed E-state index contributed by atoms with van der Waals surface area (Å²) in [5.74, 6) is -0.0423. The molecule has 0 atom stereocenters. The highest BCUT2D eigenvalue weighted by Crippen LogP contribution is 2.29. The third-order valence-corrected chi connectivity index (χ3v) is 7.86. The monoisotopic (exact) mass is 421 g/mol. The Labute approximate surface area is 171 Å². The van der Waals surface area contributed by atoms with Gasteiger partial charge in [-0.3, -0.25) is 9.59 Å². The molecule has 3 heterocycles. The molecule has 8 nitrogen and oxygen atoms in total. The molecule has 2 saturated heterocycles. The van der Waals surface area contributed by atoms with Gasteiger partial charge < -0.3 is 15.0 Å². The van der Waals surface area contributed by atoms with Gasteiger partial charge in [0.1, 0.15) is 0 Å². The lowest BCUT2D eigenvalue weighted by atomic mass is 9.96. The van der Waals surface area contributed by atoms with Crippen molar-refractivity contribution in [2.45, 2.75) is 37.0 Å². The lowest BCUT2D eigenvalue weighted by molar-refractivity contribution is -0.140. The van der Waals surface area contributed by atoms with Crippen molar-refractivity contribution in [3.63, 3.8) is 0 Å². The van der Waals surface area contributed by atoms with Crippen molar-refractivity contribution < 1.29 is 22.7 Å². The summed E-state index contributed by atoms with van der Waals surface area (Å²) in [6, 6.07) is 4.92. The third kappa shape index (κ3) is 4.31.